The van der Waals surface area contributed by atoms with Gasteiger partial charge in [-0.15, -0.1) is 0 Å². The summed E-state index contributed by atoms with van der Waals surface area (Å²) in [5.74, 6) is 0.444. The molecule has 0 fully saturated rings. The van der Waals surface area contributed by atoms with Crippen LogP contribution in [0.3, 0.4) is 0 Å². The van der Waals surface area contributed by atoms with E-state index in [1.165, 1.54) is 12.1 Å². The van der Waals surface area contributed by atoms with Crippen LogP contribution in [0.25, 0.3) is 0 Å². The largest absolute Gasteiger partial charge is 0.493 e. The first-order valence-electron chi connectivity index (χ1n) is 6.69. The number of carbonyl (C=O) groups excluding carboxylic acids is 1. The average molecular weight is 351 g/mol. The van der Waals surface area contributed by atoms with Crippen molar-refractivity contribution in [3.63, 3.8) is 0 Å². The highest BCUT2D eigenvalue weighted by Gasteiger charge is 2.07. The Hall–Kier alpha value is -1.68. The van der Waals surface area contributed by atoms with Crippen molar-refractivity contribution >= 4 is 21.7 Å². The first-order chi connectivity index (χ1) is 10.0. The molecule has 0 heterocycles. The van der Waals surface area contributed by atoms with Crippen molar-refractivity contribution in [3.05, 3.63) is 63.9 Å². The van der Waals surface area contributed by atoms with Crippen molar-refractivity contribution in [1.29, 1.82) is 0 Å². The number of hydrogen-bond donors (Lipinski definition) is 0. The maximum absolute atomic E-state index is 13.2. The Morgan fingerprint density at radius 3 is 2.76 bits per heavy atom. The summed E-state index contributed by atoms with van der Waals surface area (Å²) in [5, 5.41) is 0. The Morgan fingerprint density at radius 1 is 1.24 bits per heavy atom. The Kier molecular flexibility index (Phi) is 5.51. The standard InChI is InChI=1S/C17H16BrFO2/c1-12-3-2-4-17(7-12)21-6-5-16(20)10-13-8-14(18)11-15(19)9-13/h2-4,7-9,11H,5-6,10H2,1H3. The topological polar surface area (TPSA) is 26.3 Å². The lowest BCUT2D eigenvalue weighted by Gasteiger charge is -2.07. The summed E-state index contributed by atoms with van der Waals surface area (Å²) < 4.78 is 19.4. The van der Waals surface area contributed by atoms with E-state index in [4.69, 9.17) is 4.74 Å². The summed E-state index contributed by atoms with van der Waals surface area (Å²) in [4.78, 5) is 11.9. The second kappa shape index (κ2) is 7.36. The molecule has 21 heavy (non-hydrogen) atoms. The van der Waals surface area contributed by atoms with Gasteiger partial charge < -0.3 is 4.74 Å². The number of carbonyl (C=O) groups is 1. The molecule has 110 valence electrons. The second-order valence-corrected chi connectivity index (χ2v) is 5.82. The molecule has 0 aromatic heterocycles. The number of ether oxygens (including phenoxy) is 1. The molecule has 2 rings (SSSR count). The van der Waals surface area contributed by atoms with Crippen molar-refractivity contribution in [1.82, 2.24) is 0 Å². The monoisotopic (exact) mass is 350 g/mol. The van der Waals surface area contributed by atoms with Gasteiger partial charge in [-0.05, 0) is 48.4 Å². The summed E-state index contributed by atoms with van der Waals surface area (Å²) in [6.07, 6.45) is 0.523. The van der Waals surface area contributed by atoms with Crippen LogP contribution < -0.4 is 4.74 Å². The van der Waals surface area contributed by atoms with E-state index < -0.39 is 0 Å². The molecule has 2 aromatic rings. The van der Waals surface area contributed by atoms with E-state index in [2.05, 4.69) is 15.9 Å². The van der Waals surface area contributed by atoms with Crippen LogP contribution in [-0.2, 0) is 11.2 Å². The Balaban J connectivity index is 1.82. The van der Waals surface area contributed by atoms with Gasteiger partial charge in [-0.2, -0.15) is 0 Å². The van der Waals surface area contributed by atoms with Gasteiger partial charge >= 0.3 is 0 Å². The molecule has 0 aliphatic rings. The lowest BCUT2D eigenvalue weighted by atomic mass is 10.1. The molecule has 0 bridgehead atoms. The van der Waals surface area contributed by atoms with Crippen LogP contribution in [0.2, 0.25) is 0 Å². The minimum Gasteiger partial charge on any atom is -0.493 e. The van der Waals surface area contributed by atoms with Crippen LogP contribution in [0, 0.1) is 12.7 Å². The minimum atomic E-state index is -0.344. The zero-order valence-electron chi connectivity index (χ0n) is 11.7. The van der Waals surface area contributed by atoms with Crippen molar-refractivity contribution < 1.29 is 13.9 Å². The zero-order chi connectivity index (χ0) is 15.2. The SMILES string of the molecule is Cc1cccc(OCCC(=O)Cc2cc(F)cc(Br)c2)c1. The van der Waals surface area contributed by atoms with Gasteiger partial charge in [-0.1, -0.05) is 28.1 Å². The molecule has 0 aliphatic heterocycles. The fourth-order valence-electron chi connectivity index (χ4n) is 2.02. The average Bonchev–Trinajstić information content (AvgIpc) is 2.37. The van der Waals surface area contributed by atoms with E-state index in [0.717, 1.165) is 11.3 Å². The summed E-state index contributed by atoms with van der Waals surface area (Å²) in [7, 11) is 0. The molecule has 2 aromatic carbocycles. The highest BCUT2D eigenvalue weighted by atomic mass is 79.9. The molecule has 0 saturated carbocycles. The first kappa shape index (κ1) is 15.7. The van der Waals surface area contributed by atoms with Crippen LogP contribution >= 0.6 is 15.9 Å². The Bertz CT molecular complexity index is 620. The van der Waals surface area contributed by atoms with Gasteiger partial charge in [0.15, 0.2) is 0 Å². The molecule has 4 heteroatoms. The molecule has 0 N–H and O–H groups in total. The molecule has 0 saturated heterocycles. The lowest BCUT2D eigenvalue weighted by Crippen LogP contribution is -2.09. The molecule has 0 amide bonds. The smallest absolute Gasteiger partial charge is 0.140 e. The molecule has 0 radical (unpaired) electrons. The van der Waals surface area contributed by atoms with Gasteiger partial charge in [0.25, 0.3) is 0 Å². The first-order valence-corrected chi connectivity index (χ1v) is 7.48. The van der Waals surface area contributed by atoms with E-state index >= 15 is 0 Å². The van der Waals surface area contributed by atoms with E-state index in [1.807, 2.05) is 31.2 Å². The molecule has 0 unspecified atom stereocenters. The third kappa shape index (κ3) is 5.31. The molecular weight excluding hydrogens is 335 g/mol. The Morgan fingerprint density at radius 2 is 2.05 bits per heavy atom. The summed E-state index contributed by atoms with van der Waals surface area (Å²) in [5.41, 5.74) is 1.78. The van der Waals surface area contributed by atoms with Gasteiger partial charge in [0.05, 0.1) is 6.61 Å². The van der Waals surface area contributed by atoms with Crippen molar-refractivity contribution in [2.75, 3.05) is 6.61 Å². The highest BCUT2D eigenvalue weighted by molar-refractivity contribution is 9.10. The zero-order valence-corrected chi connectivity index (χ0v) is 13.3. The van der Waals surface area contributed by atoms with E-state index in [1.54, 1.807) is 6.07 Å². The van der Waals surface area contributed by atoms with Gasteiger partial charge in [0.2, 0.25) is 0 Å². The second-order valence-electron chi connectivity index (χ2n) is 4.91. The van der Waals surface area contributed by atoms with Crippen LogP contribution in [0.1, 0.15) is 17.5 Å². The quantitative estimate of drug-likeness (QED) is 0.767. The van der Waals surface area contributed by atoms with Gasteiger partial charge in [-0.25, -0.2) is 4.39 Å². The van der Waals surface area contributed by atoms with E-state index in [0.29, 0.717) is 23.1 Å². The van der Waals surface area contributed by atoms with Crippen LogP contribution in [0.15, 0.2) is 46.9 Å². The van der Waals surface area contributed by atoms with E-state index in [-0.39, 0.29) is 18.0 Å². The maximum atomic E-state index is 13.2. The maximum Gasteiger partial charge on any atom is 0.140 e. The van der Waals surface area contributed by atoms with Gasteiger partial charge in [-0.3, -0.25) is 4.79 Å². The number of Topliss-reactive ketones (excluding diaryl/α,β-unsaturated/α-hetero) is 1. The molecule has 0 spiro atoms. The molecule has 0 atom stereocenters. The number of rotatable bonds is 6. The number of ketones is 1. The summed E-state index contributed by atoms with van der Waals surface area (Å²) in [6.45, 7) is 2.32. The normalized spacial score (nSPS) is 10.4. The van der Waals surface area contributed by atoms with Crippen molar-refractivity contribution in [2.45, 2.75) is 19.8 Å². The minimum absolute atomic E-state index is 0.0279. The Labute approximate surface area is 132 Å². The summed E-state index contributed by atoms with van der Waals surface area (Å²) >= 11 is 3.22. The van der Waals surface area contributed by atoms with E-state index in [9.17, 15) is 9.18 Å². The summed E-state index contributed by atoms with van der Waals surface area (Å²) in [6, 6.07) is 12.2. The third-order valence-electron chi connectivity index (χ3n) is 2.96. The van der Waals surface area contributed by atoms with Crippen LogP contribution in [-0.4, -0.2) is 12.4 Å². The highest BCUT2D eigenvalue weighted by Crippen LogP contribution is 2.16. The van der Waals surface area contributed by atoms with Crippen molar-refractivity contribution in [2.24, 2.45) is 0 Å². The fraction of sp³-hybridized carbons (Fsp3) is 0.235. The van der Waals surface area contributed by atoms with Crippen LogP contribution in [0.4, 0.5) is 4.39 Å². The predicted molar refractivity (Wildman–Crippen MR) is 84.1 cm³/mol. The predicted octanol–water partition coefficient (Wildman–Crippen LogP) is 4.48. The number of halogens is 2. The van der Waals surface area contributed by atoms with Crippen LogP contribution in [0.5, 0.6) is 5.75 Å². The molecule has 2 nitrogen and oxygen atoms in total. The van der Waals surface area contributed by atoms with Gasteiger partial charge in [0.1, 0.15) is 17.3 Å². The van der Waals surface area contributed by atoms with Gasteiger partial charge in [0, 0.05) is 17.3 Å². The fourth-order valence-corrected chi connectivity index (χ4v) is 2.53. The molecule has 0 aliphatic carbocycles. The number of hydrogen-bond acceptors (Lipinski definition) is 2. The third-order valence-corrected chi connectivity index (χ3v) is 3.42. The number of aryl methyl sites for hydroxylation is 1. The van der Waals surface area contributed by atoms with Crippen molar-refractivity contribution in [3.8, 4) is 5.75 Å². The lowest BCUT2D eigenvalue weighted by molar-refractivity contribution is -0.118. The molecular formula is C17H16BrFO2. The number of benzene rings is 2.